The van der Waals surface area contributed by atoms with Crippen LogP contribution in [0.5, 0.6) is 0 Å². The van der Waals surface area contributed by atoms with Gasteiger partial charge in [-0.05, 0) is 31.0 Å². The first kappa shape index (κ1) is 16.4. The molecule has 1 saturated heterocycles. The van der Waals surface area contributed by atoms with Gasteiger partial charge in [0.15, 0.2) is 0 Å². The molecule has 1 aromatic carbocycles. The van der Waals surface area contributed by atoms with Crippen LogP contribution in [-0.2, 0) is 21.4 Å². The van der Waals surface area contributed by atoms with Gasteiger partial charge in [0, 0.05) is 26.1 Å². The number of nitrogens with one attached hydrogen (secondary N) is 2. The zero-order chi connectivity index (χ0) is 16.4. The number of benzene rings is 1. The molecule has 7 nitrogen and oxygen atoms in total. The fourth-order valence-corrected chi connectivity index (χ4v) is 3.83. The van der Waals surface area contributed by atoms with Crippen molar-refractivity contribution in [3.63, 3.8) is 0 Å². The van der Waals surface area contributed by atoms with Crippen LogP contribution in [0.3, 0.4) is 0 Å². The van der Waals surface area contributed by atoms with E-state index in [2.05, 4.69) is 27.7 Å². The second-order valence-electron chi connectivity index (χ2n) is 5.75. The molecule has 126 valence electrons. The summed E-state index contributed by atoms with van der Waals surface area (Å²) in [5, 5.41) is 0. The summed E-state index contributed by atoms with van der Waals surface area (Å²) < 4.78 is 33.6. The van der Waals surface area contributed by atoms with Gasteiger partial charge in [-0.25, -0.2) is 9.71 Å². The van der Waals surface area contributed by atoms with Crippen LogP contribution in [0, 0.1) is 13.8 Å². The minimum absolute atomic E-state index is 0.317. The van der Waals surface area contributed by atoms with Crippen LogP contribution in [0.1, 0.15) is 17.0 Å². The summed E-state index contributed by atoms with van der Waals surface area (Å²) in [6, 6.07) is 4.06. The van der Waals surface area contributed by atoms with Crippen LogP contribution in [-0.4, -0.2) is 55.5 Å². The predicted molar refractivity (Wildman–Crippen MR) is 88.6 cm³/mol. The first-order valence-corrected chi connectivity index (χ1v) is 9.18. The fraction of sp³-hybridized carbons (Fsp3) is 0.533. The van der Waals surface area contributed by atoms with Gasteiger partial charge in [-0.1, -0.05) is 6.07 Å². The number of rotatable bonds is 5. The van der Waals surface area contributed by atoms with Crippen LogP contribution in [0.2, 0.25) is 0 Å². The molecule has 1 aliphatic rings. The topological polar surface area (TPSA) is 87.3 Å². The molecule has 1 aliphatic heterocycles. The van der Waals surface area contributed by atoms with Gasteiger partial charge in [0.1, 0.15) is 5.82 Å². The Morgan fingerprint density at radius 1 is 1.30 bits per heavy atom. The number of hydrogen-bond acceptors (Lipinski definition) is 4. The molecule has 0 bridgehead atoms. The molecule has 1 fully saturated rings. The molecular formula is C15H22N4O3S. The molecule has 0 amide bonds. The quantitative estimate of drug-likeness (QED) is 0.847. The number of hydrogen-bond donors (Lipinski definition) is 2. The van der Waals surface area contributed by atoms with Crippen LogP contribution in [0.4, 0.5) is 0 Å². The lowest BCUT2D eigenvalue weighted by Gasteiger charge is -2.25. The van der Waals surface area contributed by atoms with E-state index in [1.54, 1.807) is 0 Å². The van der Waals surface area contributed by atoms with E-state index < -0.39 is 10.2 Å². The average Bonchev–Trinajstić information content (AvgIpc) is 2.95. The first-order valence-electron chi connectivity index (χ1n) is 7.74. The standard InChI is InChI=1S/C15H22N4O3S/c1-11-3-4-13-15(12(11)2)18-14(17-13)5-6-16-23(20,21)19-7-9-22-10-8-19/h3-4,16H,5-10H2,1-2H3,(H,17,18). The largest absolute Gasteiger partial charge is 0.379 e. The third-order valence-corrected chi connectivity index (χ3v) is 5.80. The number of imidazole rings is 1. The Labute approximate surface area is 136 Å². The van der Waals surface area contributed by atoms with E-state index >= 15 is 0 Å². The fourth-order valence-electron chi connectivity index (χ4n) is 2.66. The van der Waals surface area contributed by atoms with Crippen molar-refractivity contribution in [3.8, 4) is 0 Å². The van der Waals surface area contributed by atoms with Crippen molar-refractivity contribution in [2.45, 2.75) is 20.3 Å². The zero-order valence-corrected chi connectivity index (χ0v) is 14.2. The molecule has 0 saturated carbocycles. The number of H-pyrrole nitrogens is 1. The molecule has 23 heavy (non-hydrogen) atoms. The lowest BCUT2D eigenvalue weighted by molar-refractivity contribution is 0.0725. The highest BCUT2D eigenvalue weighted by Crippen LogP contribution is 2.19. The number of morpholine rings is 1. The summed E-state index contributed by atoms with van der Waals surface area (Å²) in [7, 11) is -3.44. The van der Waals surface area contributed by atoms with Gasteiger partial charge in [0.2, 0.25) is 0 Å². The highest BCUT2D eigenvalue weighted by atomic mass is 32.2. The molecule has 0 radical (unpaired) electrons. The third kappa shape index (κ3) is 3.55. The van der Waals surface area contributed by atoms with Gasteiger partial charge < -0.3 is 9.72 Å². The Kier molecular flexibility index (Phi) is 4.67. The Bertz CT molecular complexity index is 794. The van der Waals surface area contributed by atoms with Crippen molar-refractivity contribution >= 4 is 21.2 Å². The molecule has 2 N–H and O–H groups in total. The minimum Gasteiger partial charge on any atom is -0.379 e. The van der Waals surface area contributed by atoms with Gasteiger partial charge >= 0.3 is 0 Å². The van der Waals surface area contributed by atoms with E-state index in [1.807, 2.05) is 13.0 Å². The summed E-state index contributed by atoms with van der Waals surface area (Å²) in [6.45, 7) is 6.11. The molecule has 0 aliphatic carbocycles. The lowest BCUT2D eigenvalue weighted by atomic mass is 10.1. The van der Waals surface area contributed by atoms with E-state index in [1.165, 1.54) is 9.87 Å². The van der Waals surface area contributed by atoms with Crippen LogP contribution >= 0.6 is 0 Å². The normalized spacial score (nSPS) is 17.0. The van der Waals surface area contributed by atoms with Gasteiger partial charge in [-0.2, -0.15) is 12.7 Å². The van der Waals surface area contributed by atoms with E-state index in [0.717, 1.165) is 22.4 Å². The first-order chi connectivity index (χ1) is 11.0. The van der Waals surface area contributed by atoms with Crippen molar-refractivity contribution in [1.29, 1.82) is 0 Å². The molecule has 2 heterocycles. The van der Waals surface area contributed by atoms with Crippen molar-refractivity contribution < 1.29 is 13.2 Å². The number of fused-ring (bicyclic) bond motifs is 1. The van der Waals surface area contributed by atoms with E-state index in [9.17, 15) is 8.42 Å². The number of nitrogens with zero attached hydrogens (tertiary/aromatic N) is 2. The number of ether oxygens (including phenoxy) is 1. The highest BCUT2D eigenvalue weighted by Gasteiger charge is 2.23. The summed E-state index contributed by atoms with van der Waals surface area (Å²) in [6.07, 6.45) is 0.525. The number of aromatic nitrogens is 2. The van der Waals surface area contributed by atoms with Crippen LogP contribution in [0.15, 0.2) is 12.1 Å². The molecule has 1 aromatic heterocycles. The predicted octanol–water partition coefficient (Wildman–Crippen LogP) is 0.889. The van der Waals surface area contributed by atoms with Gasteiger partial charge in [0.25, 0.3) is 10.2 Å². The molecule has 3 rings (SSSR count). The number of aromatic amines is 1. The lowest BCUT2D eigenvalue weighted by Crippen LogP contribution is -2.47. The maximum absolute atomic E-state index is 12.2. The van der Waals surface area contributed by atoms with E-state index in [0.29, 0.717) is 39.3 Å². The second kappa shape index (κ2) is 6.56. The maximum atomic E-state index is 12.2. The molecular weight excluding hydrogens is 316 g/mol. The maximum Gasteiger partial charge on any atom is 0.279 e. The highest BCUT2D eigenvalue weighted by molar-refractivity contribution is 7.87. The Balaban J connectivity index is 1.63. The molecule has 8 heteroatoms. The Morgan fingerprint density at radius 3 is 2.78 bits per heavy atom. The Morgan fingerprint density at radius 2 is 2.04 bits per heavy atom. The van der Waals surface area contributed by atoms with Gasteiger partial charge in [0.05, 0.1) is 24.2 Å². The molecule has 0 unspecified atom stereocenters. The number of aryl methyl sites for hydroxylation is 2. The summed E-state index contributed by atoms with van der Waals surface area (Å²) in [5.41, 5.74) is 4.29. The van der Waals surface area contributed by atoms with E-state index in [-0.39, 0.29) is 0 Å². The molecule has 2 aromatic rings. The monoisotopic (exact) mass is 338 g/mol. The van der Waals surface area contributed by atoms with Crippen molar-refractivity contribution in [2.24, 2.45) is 0 Å². The average molecular weight is 338 g/mol. The van der Waals surface area contributed by atoms with Gasteiger partial charge in [-0.3, -0.25) is 0 Å². The Hall–Kier alpha value is -1.48. The van der Waals surface area contributed by atoms with Crippen LogP contribution < -0.4 is 4.72 Å². The summed E-state index contributed by atoms with van der Waals surface area (Å²) in [5.74, 6) is 0.790. The SMILES string of the molecule is Cc1ccc2[nH]c(CCNS(=O)(=O)N3CCOCC3)nc2c1C. The summed E-state index contributed by atoms with van der Waals surface area (Å²) in [4.78, 5) is 7.83. The van der Waals surface area contributed by atoms with Crippen molar-refractivity contribution in [2.75, 3.05) is 32.8 Å². The minimum atomic E-state index is -3.44. The smallest absolute Gasteiger partial charge is 0.279 e. The van der Waals surface area contributed by atoms with Crippen LogP contribution in [0.25, 0.3) is 11.0 Å². The summed E-state index contributed by atoms with van der Waals surface area (Å²) >= 11 is 0. The third-order valence-electron chi connectivity index (χ3n) is 4.18. The molecule has 0 spiro atoms. The molecule has 0 atom stereocenters. The van der Waals surface area contributed by atoms with Crippen molar-refractivity contribution in [1.82, 2.24) is 19.0 Å². The van der Waals surface area contributed by atoms with Gasteiger partial charge in [-0.15, -0.1) is 0 Å². The zero-order valence-electron chi connectivity index (χ0n) is 13.4. The second-order valence-corrected chi connectivity index (χ2v) is 7.50. The van der Waals surface area contributed by atoms with Crippen molar-refractivity contribution in [3.05, 3.63) is 29.1 Å². The van der Waals surface area contributed by atoms with E-state index in [4.69, 9.17) is 4.74 Å².